The van der Waals surface area contributed by atoms with Crippen molar-refractivity contribution in [2.45, 2.75) is 25.2 Å². The van der Waals surface area contributed by atoms with Crippen LogP contribution in [0.1, 0.15) is 41.1 Å². The maximum absolute atomic E-state index is 13.3. The number of ether oxygens (including phenoxy) is 1. The van der Waals surface area contributed by atoms with Crippen molar-refractivity contribution < 1.29 is 23.9 Å². The third-order valence-corrected chi connectivity index (χ3v) is 7.94. The molecule has 0 aromatic heterocycles. The molecule has 0 bridgehead atoms. The molecular formula is C29H24Cl2N2O5. The highest BCUT2D eigenvalue weighted by Gasteiger charge is 2.50. The normalized spacial score (nSPS) is 20.7. The van der Waals surface area contributed by atoms with Gasteiger partial charge in [0.2, 0.25) is 11.8 Å². The highest BCUT2D eigenvalue weighted by Crippen LogP contribution is 2.45. The molecule has 1 heterocycles. The Kier molecular flexibility index (Phi) is 7.49. The molecule has 1 aliphatic heterocycles. The first-order chi connectivity index (χ1) is 18.3. The van der Waals surface area contributed by atoms with Crippen molar-refractivity contribution in [3.63, 3.8) is 0 Å². The van der Waals surface area contributed by atoms with E-state index in [1.165, 1.54) is 22.6 Å². The number of nitrogens with zero attached hydrogens (tertiary/aromatic N) is 1. The first-order valence-electron chi connectivity index (χ1n) is 12.3. The number of fused-ring (bicyclic) bond motifs is 1. The van der Waals surface area contributed by atoms with Gasteiger partial charge in [-0.2, -0.15) is 0 Å². The fourth-order valence-electron chi connectivity index (χ4n) is 5.21. The van der Waals surface area contributed by atoms with E-state index in [-0.39, 0.29) is 45.2 Å². The van der Waals surface area contributed by atoms with E-state index in [0.717, 1.165) is 6.42 Å². The Bertz CT molecular complexity index is 1390. The van der Waals surface area contributed by atoms with E-state index in [9.17, 15) is 19.2 Å². The molecule has 1 saturated heterocycles. The summed E-state index contributed by atoms with van der Waals surface area (Å²) in [5, 5.41) is 3.01. The van der Waals surface area contributed by atoms with Crippen LogP contribution in [0, 0.1) is 11.8 Å². The summed E-state index contributed by atoms with van der Waals surface area (Å²) in [6.45, 7) is -0.529. The minimum absolute atomic E-state index is 0.183. The molecule has 194 valence electrons. The van der Waals surface area contributed by atoms with Crippen LogP contribution in [0.25, 0.3) is 0 Å². The minimum Gasteiger partial charge on any atom is -0.452 e. The highest BCUT2D eigenvalue weighted by atomic mass is 35.5. The van der Waals surface area contributed by atoms with Gasteiger partial charge in [-0.05, 0) is 67.1 Å². The zero-order valence-electron chi connectivity index (χ0n) is 20.2. The average molecular weight is 551 g/mol. The number of nitrogens with one attached hydrogen (secondary N) is 1. The van der Waals surface area contributed by atoms with Crippen LogP contribution in [-0.2, 0) is 19.1 Å². The third-order valence-electron chi connectivity index (χ3n) is 7.12. The second-order valence-corrected chi connectivity index (χ2v) is 10.2. The minimum atomic E-state index is -0.720. The van der Waals surface area contributed by atoms with Crippen LogP contribution in [-0.4, -0.2) is 30.3 Å². The number of hydrogen-bond donors (Lipinski definition) is 1. The number of anilines is 2. The number of carbonyl (C=O) groups is 4. The van der Waals surface area contributed by atoms with Gasteiger partial charge in [0.15, 0.2) is 6.61 Å². The Labute approximate surface area is 229 Å². The smallest absolute Gasteiger partial charge is 0.338 e. The van der Waals surface area contributed by atoms with Crippen LogP contribution in [0.2, 0.25) is 10.0 Å². The lowest BCUT2D eigenvalue weighted by Crippen LogP contribution is -2.30. The van der Waals surface area contributed by atoms with E-state index in [1.54, 1.807) is 30.3 Å². The fraction of sp³-hybridized carbons (Fsp3) is 0.241. The van der Waals surface area contributed by atoms with E-state index in [4.69, 9.17) is 27.9 Å². The van der Waals surface area contributed by atoms with Gasteiger partial charge in [-0.25, -0.2) is 4.79 Å². The summed E-state index contributed by atoms with van der Waals surface area (Å²) in [5.41, 5.74) is 2.09. The summed E-state index contributed by atoms with van der Waals surface area (Å²) in [7, 11) is 0. The van der Waals surface area contributed by atoms with E-state index in [2.05, 4.69) is 17.4 Å². The molecule has 0 radical (unpaired) electrons. The molecule has 38 heavy (non-hydrogen) atoms. The van der Waals surface area contributed by atoms with Crippen molar-refractivity contribution in [1.29, 1.82) is 0 Å². The number of imide groups is 1. The van der Waals surface area contributed by atoms with Crippen molar-refractivity contribution in [2.24, 2.45) is 11.8 Å². The maximum Gasteiger partial charge on any atom is 0.338 e. The average Bonchev–Trinajstić information content (AvgIpc) is 3.19. The van der Waals surface area contributed by atoms with Crippen molar-refractivity contribution in [3.05, 3.63) is 94.0 Å². The number of halogens is 2. The van der Waals surface area contributed by atoms with E-state index >= 15 is 0 Å². The van der Waals surface area contributed by atoms with Gasteiger partial charge in [0, 0.05) is 0 Å². The zero-order chi connectivity index (χ0) is 26.8. The summed E-state index contributed by atoms with van der Waals surface area (Å²) < 4.78 is 5.10. The Hall–Kier alpha value is -3.68. The molecule has 3 amide bonds. The lowest BCUT2D eigenvalue weighted by atomic mass is 9.73. The molecule has 1 saturated carbocycles. The van der Waals surface area contributed by atoms with Crippen molar-refractivity contribution in [1.82, 2.24) is 0 Å². The molecule has 3 atom stereocenters. The maximum atomic E-state index is 13.3. The van der Waals surface area contributed by atoms with Crippen LogP contribution >= 0.6 is 23.2 Å². The Morgan fingerprint density at radius 3 is 2.32 bits per heavy atom. The number of benzene rings is 3. The second-order valence-electron chi connectivity index (χ2n) is 9.42. The van der Waals surface area contributed by atoms with Crippen LogP contribution in [0.4, 0.5) is 11.4 Å². The molecule has 1 aliphatic carbocycles. The van der Waals surface area contributed by atoms with E-state index in [0.29, 0.717) is 24.2 Å². The summed E-state index contributed by atoms with van der Waals surface area (Å²) >= 11 is 12.0. The van der Waals surface area contributed by atoms with Crippen LogP contribution < -0.4 is 10.2 Å². The zero-order valence-corrected chi connectivity index (χ0v) is 21.7. The van der Waals surface area contributed by atoms with Crippen molar-refractivity contribution in [2.75, 3.05) is 16.8 Å². The Morgan fingerprint density at radius 2 is 1.58 bits per heavy atom. The van der Waals surface area contributed by atoms with Gasteiger partial charge >= 0.3 is 5.97 Å². The summed E-state index contributed by atoms with van der Waals surface area (Å²) in [6, 6.07) is 20.9. The van der Waals surface area contributed by atoms with E-state index in [1.807, 2.05) is 18.2 Å². The molecule has 7 nitrogen and oxygen atoms in total. The van der Waals surface area contributed by atoms with Crippen LogP contribution in [0.3, 0.4) is 0 Å². The lowest BCUT2D eigenvalue weighted by Gasteiger charge is -2.28. The van der Waals surface area contributed by atoms with Gasteiger partial charge < -0.3 is 10.1 Å². The largest absolute Gasteiger partial charge is 0.452 e. The van der Waals surface area contributed by atoms with Gasteiger partial charge in [0.25, 0.3) is 5.91 Å². The van der Waals surface area contributed by atoms with E-state index < -0.39 is 18.5 Å². The fourth-order valence-corrected chi connectivity index (χ4v) is 5.56. The first-order valence-corrected chi connectivity index (χ1v) is 13.0. The number of esters is 1. The number of carbonyl (C=O) groups excluding carboxylic acids is 4. The lowest BCUT2D eigenvalue weighted by molar-refractivity contribution is -0.122. The summed E-state index contributed by atoms with van der Waals surface area (Å²) in [5.74, 6) is -2.12. The Balaban J connectivity index is 1.20. The monoisotopic (exact) mass is 550 g/mol. The molecule has 5 rings (SSSR count). The third kappa shape index (κ3) is 5.17. The number of hydrogen-bond acceptors (Lipinski definition) is 5. The molecule has 1 N–H and O–H groups in total. The molecule has 2 fully saturated rings. The topological polar surface area (TPSA) is 92.8 Å². The molecule has 3 aromatic rings. The molecule has 0 unspecified atom stereocenters. The van der Waals surface area contributed by atoms with Crippen molar-refractivity contribution in [3.8, 4) is 0 Å². The molecule has 2 aliphatic rings. The molecule has 0 spiro atoms. The molecular weight excluding hydrogens is 527 g/mol. The van der Waals surface area contributed by atoms with Gasteiger partial charge in [0.05, 0.1) is 38.8 Å². The first kappa shape index (κ1) is 25.9. The Morgan fingerprint density at radius 1 is 0.868 bits per heavy atom. The highest BCUT2D eigenvalue weighted by molar-refractivity contribution is 6.44. The summed E-state index contributed by atoms with van der Waals surface area (Å²) in [6.07, 6.45) is 2.17. The number of rotatable bonds is 6. The van der Waals surface area contributed by atoms with Crippen LogP contribution in [0.15, 0.2) is 72.8 Å². The van der Waals surface area contributed by atoms with Gasteiger partial charge in [-0.1, -0.05) is 59.6 Å². The second kappa shape index (κ2) is 11.0. The van der Waals surface area contributed by atoms with Crippen molar-refractivity contribution >= 4 is 58.3 Å². The molecule has 3 aromatic carbocycles. The molecule has 9 heteroatoms. The predicted octanol–water partition coefficient (Wildman–Crippen LogP) is 5.86. The van der Waals surface area contributed by atoms with Gasteiger partial charge in [-0.15, -0.1) is 0 Å². The standard InChI is InChI=1S/C29H24Cl2N2O5/c30-23-7-4-8-24(26(23)31)32-25(34)16-38-29(37)18-9-12-20(13-10-18)33-27(35)21-14-11-19(15-22(21)28(33)36)17-5-2-1-3-6-17/h1-10,12-13,19,21-22H,11,14-16H2,(H,32,34)/t19-,21-,22+/m1/s1. The van der Waals surface area contributed by atoms with Gasteiger partial charge in [0.1, 0.15) is 0 Å². The SMILES string of the molecule is O=C(COC(=O)c1ccc(N2C(=O)[C@H]3C[C@H](c4ccccc4)CC[C@H]3C2=O)cc1)Nc1cccc(Cl)c1Cl. The summed E-state index contributed by atoms with van der Waals surface area (Å²) in [4.78, 5) is 52.3. The quantitative estimate of drug-likeness (QED) is 0.306. The predicted molar refractivity (Wildman–Crippen MR) is 144 cm³/mol. The number of amides is 3. The van der Waals surface area contributed by atoms with Crippen LogP contribution in [0.5, 0.6) is 0 Å². The van der Waals surface area contributed by atoms with Gasteiger partial charge in [-0.3, -0.25) is 19.3 Å².